The van der Waals surface area contributed by atoms with Crippen LogP contribution in [0.4, 0.5) is 23.5 Å². The molecule has 0 saturated carbocycles. The third kappa shape index (κ3) is 4.90. The normalized spacial score (nSPS) is 23.8. The monoisotopic (exact) mass is 502 g/mol. The fraction of sp³-hybridized carbons (Fsp3) is 0.381. The molecule has 0 aromatic carbocycles. The molecule has 33 heavy (non-hydrogen) atoms. The molecule has 0 bridgehead atoms. The second kappa shape index (κ2) is 8.69. The van der Waals surface area contributed by atoms with E-state index in [1.807, 2.05) is 6.92 Å². The Morgan fingerprint density at radius 1 is 1.36 bits per heavy atom. The molecule has 1 aliphatic carbocycles. The quantitative estimate of drug-likeness (QED) is 0.500. The number of thiophene rings is 1. The minimum Gasteiger partial charge on any atom is -0.387 e. The van der Waals surface area contributed by atoms with Crippen LogP contribution in [0.15, 0.2) is 57.9 Å². The molecule has 0 spiro atoms. The van der Waals surface area contributed by atoms with Crippen molar-refractivity contribution in [1.82, 2.24) is 14.5 Å². The highest BCUT2D eigenvalue weighted by Crippen LogP contribution is 2.44. The van der Waals surface area contributed by atoms with Gasteiger partial charge in [0.15, 0.2) is 0 Å². The Hall–Kier alpha value is -2.50. The maximum atomic E-state index is 13.6. The van der Waals surface area contributed by atoms with Crippen LogP contribution in [0.5, 0.6) is 0 Å². The van der Waals surface area contributed by atoms with E-state index in [0.29, 0.717) is 28.3 Å². The van der Waals surface area contributed by atoms with Crippen LogP contribution >= 0.6 is 22.9 Å². The molecular formula is C21H19ClF4N4O2S. The molecule has 0 amide bonds. The molecule has 6 nitrogen and oxygen atoms in total. The van der Waals surface area contributed by atoms with Gasteiger partial charge >= 0.3 is 11.9 Å². The molecule has 0 radical (unpaired) electrons. The van der Waals surface area contributed by atoms with Crippen molar-refractivity contribution in [3.05, 3.63) is 73.4 Å². The molecule has 0 saturated heterocycles. The molecule has 4 rings (SSSR count). The van der Waals surface area contributed by atoms with Crippen LogP contribution in [-0.2, 0) is 12.7 Å². The lowest BCUT2D eigenvalue weighted by molar-refractivity contribution is -0.134. The highest BCUT2D eigenvalue weighted by atomic mass is 35.5. The molecule has 0 fully saturated rings. The van der Waals surface area contributed by atoms with Gasteiger partial charge in [-0.1, -0.05) is 30.7 Å². The number of rotatable bonds is 4. The van der Waals surface area contributed by atoms with Crippen molar-refractivity contribution in [2.45, 2.75) is 32.2 Å². The van der Waals surface area contributed by atoms with E-state index in [9.17, 15) is 27.5 Å². The molecular weight excluding hydrogens is 484 g/mol. The minimum atomic E-state index is -4.43. The summed E-state index contributed by atoms with van der Waals surface area (Å²) in [6.45, 7) is 2.20. The molecule has 176 valence electrons. The van der Waals surface area contributed by atoms with Gasteiger partial charge in [0.25, 0.3) is 0 Å². The molecule has 2 aliphatic rings. The van der Waals surface area contributed by atoms with Crippen LogP contribution in [0.25, 0.3) is 0 Å². The molecule has 3 heterocycles. The largest absolute Gasteiger partial charge is 0.425 e. The maximum absolute atomic E-state index is 13.6. The average Bonchev–Trinajstić information content (AvgIpc) is 3.21. The number of hydrogen-bond donors (Lipinski definition) is 1. The van der Waals surface area contributed by atoms with E-state index in [0.717, 1.165) is 10.6 Å². The predicted molar refractivity (Wildman–Crippen MR) is 117 cm³/mol. The average molecular weight is 503 g/mol. The van der Waals surface area contributed by atoms with Crippen LogP contribution in [0, 0.1) is 5.41 Å². The summed E-state index contributed by atoms with van der Waals surface area (Å²) in [6, 6.07) is 2.29. The predicted octanol–water partition coefficient (Wildman–Crippen LogP) is 4.26. The topological polar surface area (TPSA) is 71.2 Å². The van der Waals surface area contributed by atoms with Crippen molar-refractivity contribution in [3.63, 3.8) is 0 Å². The van der Waals surface area contributed by atoms with Crippen LogP contribution < -0.4 is 10.6 Å². The molecule has 2 aromatic heterocycles. The zero-order chi connectivity index (χ0) is 24.0. The number of halogens is 5. The Balaban J connectivity index is 1.49. The summed E-state index contributed by atoms with van der Waals surface area (Å²) in [5.41, 5.74) is -0.619. The molecule has 2 atom stereocenters. The van der Waals surface area contributed by atoms with E-state index >= 15 is 0 Å². The Morgan fingerprint density at radius 2 is 2.12 bits per heavy atom. The molecule has 12 heteroatoms. The zero-order valence-electron chi connectivity index (χ0n) is 17.3. The first-order valence-corrected chi connectivity index (χ1v) is 11.1. The fourth-order valence-electron chi connectivity index (χ4n) is 3.91. The molecule has 1 unspecified atom stereocenters. The van der Waals surface area contributed by atoms with Gasteiger partial charge in [-0.15, -0.1) is 11.3 Å². The standard InChI is InChI=1S/C21H19ClF4N4O2S/c1-20(6-4-15(23)14(22)8-20)13-5-7-29(10-16(13)31)18-27-11-30(19(32)28-18)9-12-2-3-17(33-12)21(24,25)26/h2-6,11,16,31H,7-10H2,1H3/t16-,20?/m0/s1. The van der Waals surface area contributed by atoms with Crippen molar-refractivity contribution in [2.24, 2.45) is 5.41 Å². The number of nitrogens with zero attached hydrogens (tertiary/aromatic N) is 4. The van der Waals surface area contributed by atoms with E-state index < -0.39 is 34.1 Å². The number of alkyl halides is 3. The Bertz CT molecular complexity index is 1220. The van der Waals surface area contributed by atoms with Gasteiger partial charge in [0.05, 0.1) is 24.2 Å². The summed E-state index contributed by atoms with van der Waals surface area (Å²) in [4.78, 5) is 21.7. The van der Waals surface area contributed by atoms with Crippen molar-refractivity contribution in [2.75, 3.05) is 18.0 Å². The van der Waals surface area contributed by atoms with Crippen molar-refractivity contribution >= 4 is 28.9 Å². The summed E-state index contributed by atoms with van der Waals surface area (Å²) < 4.78 is 53.0. The lowest BCUT2D eigenvalue weighted by atomic mass is 9.73. The fourth-order valence-corrected chi connectivity index (χ4v) is 5.12. The first-order chi connectivity index (χ1) is 15.5. The van der Waals surface area contributed by atoms with Gasteiger partial charge in [-0.05, 0) is 30.2 Å². The first kappa shape index (κ1) is 23.7. The van der Waals surface area contributed by atoms with Crippen LogP contribution in [0.2, 0.25) is 0 Å². The van der Waals surface area contributed by atoms with Gasteiger partial charge < -0.3 is 10.0 Å². The van der Waals surface area contributed by atoms with Crippen molar-refractivity contribution in [3.8, 4) is 0 Å². The Labute approximate surface area is 195 Å². The number of aliphatic hydroxyl groups is 1. The maximum Gasteiger partial charge on any atom is 0.425 e. The second-order valence-electron chi connectivity index (χ2n) is 8.09. The molecule has 1 N–H and O–H groups in total. The third-order valence-corrected chi connectivity index (χ3v) is 7.06. The highest BCUT2D eigenvalue weighted by Gasteiger charge is 2.37. The summed E-state index contributed by atoms with van der Waals surface area (Å²) in [6.07, 6.45) is 0.844. The van der Waals surface area contributed by atoms with E-state index in [4.69, 9.17) is 11.6 Å². The van der Waals surface area contributed by atoms with Crippen LogP contribution in [-0.4, -0.2) is 38.8 Å². The smallest absolute Gasteiger partial charge is 0.387 e. The Kier molecular flexibility index (Phi) is 6.23. The minimum absolute atomic E-state index is 0.0813. The lowest BCUT2D eigenvalue weighted by Gasteiger charge is -2.39. The van der Waals surface area contributed by atoms with E-state index in [1.54, 1.807) is 17.1 Å². The van der Waals surface area contributed by atoms with E-state index in [-0.39, 0.29) is 30.5 Å². The Morgan fingerprint density at radius 3 is 2.73 bits per heavy atom. The highest BCUT2D eigenvalue weighted by molar-refractivity contribution is 7.12. The van der Waals surface area contributed by atoms with Gasteiger partial charge in [0, 0.05) is 16.8 Å². The number of aliphatic hydroxyl groups excluding tert-OH is 1. The summed E-state index contributed by atoms with van der Waals surface area (Å²) >= 11 is 6.54. The first-order valence-electron chi connectivity index (χ1n) is 9.92. The summed E-state index contributed by atoms with van der Waals surface area (Å²) in [5.74, 6) is -0.395. The number of allylic oxidation sites excluding steroid dienone is 4. The number of hydrogen-bond acceptors (Lipinski definition) is 6. The van der Waals surface area contributed by atoms with Gasteiger partial charge in [-0.2, -0.15) is 18.2 Å². The van der Waals surface area contributed by atoms with Gasteiger partial charge in [0.1, 0.15) is 17.0 Å². The van der Waals surface area contributed by atoms with Gasteiger partial charge in [-0.3, -0.25) is 4.57 Å². The van der Waals surface area contributed by atoms with Crippen molar-refractivity contribution in [1.29, 1.82) is 0 Å². The van der Waals surface area contributed by atoms with E-state index in [2.05, 4.69) is 9.97 Å². The van der Waals surface area contributed by atoms with Gasteiger partial charge in [0.2, 0.25) is 5.95 Å². The van der Waals surface area contributed by atoms with Gasteiger partial charge in [-0.25, -0.2) is 14.2 Å². The van der Waals surface area contributed by atoms with Crippen molar-refractivity contribution < 1.29 is 22.7 Å². The SMILES string of the molecule is CC1(C2=CCN(c3ncn(Cc4ccc(C(F)(F)F)s4)c(=O)n3)C[C@@H]2O)C=CC(F)=C(Cl)C1. The van der Waals surface area contributed by atoms with E-state index in [1.165, 1.54) is 18.5 Å². The van der Waals surface area contributed by atoms with Crippen LogP contribution in [0.3, 0.4) is 0 Å². The van der Waals surface area contributed by atoms with Crippen LogP contribution in [0.1, 0.15) is 23.1 Å². The number of aromatic nitrogens is 3. The summed E-state index contributed by atoms with van der Waals surface area (Å²) in [5, 5.41) is 10.8. The third-order valence-electron chi connectivity index (χ3n) is 5.63. The second-order valence-corrected chi connectivity index (χ2v) is 9.72. The summed E-state index contributed by atoms with van der Waals surface area (Å²) in [7, 11) is 0. The number of β-amino-alcohol motifs (C(OH)–C–C–N with tert-alkyl or cyclic N) is 1. The zero-order valence-corrected chi connectivity index (χ0v) is 18.9. The lowest BCUT2D eigenvalue weighted by Crippen LogP contribution is -2.43. The number of anilines is 1. The molecule has 1 aliphatic heterocycles. The molecule has 2 aromatic rings.